The monoisotopic (exact) mass is 462 g/mol. The molecule has 0 saturated carbocycles. The Morgan fingerprint density at radius 1 is 1.12 bits per heavy atom. The molecule has 0 aliphatic heterocycles. The second kappa shape index (κ2) is 10.1. The van der Waals surface area contributed by atoms with E-state index in [4.69, 9.17) is 4.74 Å². The van der Waals surface area contributed by atoms with Crippen LogP contribution in [0.3, 0.4) is 0 Å². The van der Waals surface area contributed by atoms with Gasteiger partial charge < -0.3 is 15.0 Å². The summed E-state index contributed by atoms with van der Waals surface area (Å²) in [4.78, 5) is 15.8. The van der Waals surface area contributed by atoms with Crippen LogP contribution < -0.4 is 5.32 Å². The smallest absolute Gasteiger partial charge is 0.416 e. The molecule has 1 atom stereocenters. The van der Waals surface area contributed by atoms with Crippen molar-refractivity contribution in [3.63, 3.8) is 0 Å². The first-order valence-electron chi connectivity index (χ1n) is 10.5. The molecule has 1 unspecified atom stereocenters. The Kier molecular flexibility index (Phi) is 7.46. The first-order chi connectivity index (χ1) is 15.5. The van der Waals surface area contributed by atoms with Gasteiger partial charge in [0.15, 0.2) is 0 Å². The lowest BCUT2D eigenvalue weighted by molar-refractivity contribution is -0.147. The van der Waals surface area contributed by atoms with Crippen LogP contribution in [-0.2, 0) is 28.7 Å². The molecule has 1 aromatic heterocycles. The van der Waals surface area contributed by atoms with E-state index in [1.807, 2.05) is 31.2 Å². The molecule has 3 rings (SSSR count). The van der Waals surface area contributed by atoms with Gasteiger partial charge in [-0.25, -0.2) is 9.18 Å². The Morgan fingerprint density at radius 3 is 2.52 bits per heavy atom. The minimum Gasteiger partial charge on any atom is -0.458 e. The molecule has 176 valence electrons. The van der Waals surface area contributed by atoms with E-state index < -0.39 is 29.6 Å². The molecule has 0 spiro atoms. The number of aryl methyl sites for hydroxylation is 1. The lowest BCUT2D eigenvalue weighted by atomic mass is 10.0. The third-order valence-electron chi connectivity index (χ3n) is 5.29. The van der Waals surface area contributed by atoms with Gasteiger partial charge in [0.05, 0.1) is 16.9 Å². The van der Waals surface area contributed by atoms with Gasteiger partial charge in [0.1, 0.15) is 18.5 Å². The number of halogens is 4. The number of anilines is 1. The van der Waals surface area contributed by atoms with E-state index in [1.165, 1.54) is 0 Å². The van der Waals surface area contributed by atoms with Crippen LogP contribution in [-0.4, -0.2) is 17.0 Å². The zero-order valence-corrected chi connectivity index (χ0v) is 18.6. The van der Waals surface area contributed by atoms with Gasteiger partial charge in [-0.1, -0.05) is 43.7 Å². The molecule has 0 fully saturated rings. The maximum atomic E-state index is 14.2. The van der Waals surface area contributed by atoms with Gasteiger partial charge in [0, 0.05) is 6.20 Å². The van der Waals surface area contributed by atoms with E-state index in [9.17, 15) is 22.4 Å². The molecule has 8 heteroatoms. The number of hydrogen-bond acceptors (Lipinski definition) is 3. The number of nitrogens with one attached hydrogen (secondary N) is 2. The van der Waals surface area contributed by atoms with Crippen molar-refractivity contribution >= 4 is 11.7 Å². The second-order valence-corrected chi connectivity index (χ2v) is 8.31. The summed E-state index contributed by atoms with van der Waals surface area (Å²) in [5.41, 5.74) is 2.71. The highest BCUT2D eigenvalue weighted by atomic mass is 19.4. The summed E-state index contributed by atoms with van der Waals surface area (Å²) in [5.74, 6) is -2.01. The quantitative estimate of drug-likeness (QED) is 0.307. The summed E-state index contributed by atoms with van der Waals surface area (Å²) in [6.07, 6.45) is -2.22. The van der Waals surface area contributed by atoms with Crippen molar-refractivity contribution in [1.29, 1.82) is 0 Å². The Morgan fingerprint density at radius 2 is 1.88 bits per heavy atom. The summed E-state index contributed by atoms with van der Waals surface area (Å²) in [5, 5.41) is 2.69. The van der Waals surface area contributed by atoms with Crippen LogP contribution in [0.4, 0.5) is 23.2 Å². The molecule has 2 N–H and O–H groups in total. The maximum Gasteiger partial charge on any atom is 0.416 e. The summed E-state index contributed by atoms with van der Waals surface area (Å²) in [7, 11) is 0. The molecule has 0 bridgehead atoms. The predicted octanol–water partition coefficient (Wildman–Crippen LogP) is 6.25. The van der Waals surface area contributed by atoms with Crippen molar-refractivity contribution in [3.8, 4) is 0 Å². The molecule has 0 saturated heterocycles. The van der Waals surface area contributed by atoms with E-state index in [0.717, 1.165) is 34.5 Å². The van der Waals surface area contributed by atoms with Crippen molar-refractivity contribution in [3.05, 3.63) is 88.5 Å². The lowest BCUT2D eigenvalue weighted by Crippen LogP contribution is -2.36. The number of aromatic amines is 1. The van der Waals surface area contributed by atoms with Crippen LogP contribution in [0, 0.1) is 18.7 Å². The van der Waals surface area contributed by atoms with Crippen LogP contribution >= 0.6 is 0 Å². The Hall–Kier alpha value is -3.29. The fourth-order valence-electron chi connectivity index (χ4n) is 3.48. The van der Waals surface area contributed by atoms with Gasteiger partial charge in [-0.2, -0.15) is 13.2 Å². The first kappa shape index (κ1) is 24.4. The molecule has 2 aromatic carbocycles. The van der Waals surface area contributed by atoms with E-state index in [0.29, 0.717) is 12.5 Å². The topological polar surface area (TPSA) is 54.1 Å². The summed E-state index contributed by atoms with van der Waals surface area (Å²) >= 11 is 0. The molecule has 0 aliphatic rings. The molecule has 0 amide bonds. The zero-order chi connectivity index (χ0) is 24.2. The minimum atomic E-state index is -4.65. The van der Waals surface area contributed by atoms with Gasteiger partial charge >= 0.3 is 12.1 Å². The third kappa shape index (κ3) is 6.37. The number of carbonyl (C=O) groups is 1. The molecular formula is C25H26F4N2O2. The average molecular weight is 462 g/mol. The minimum absolute atomic E-state index is 0.00657. The van der Waals surface area contributed by atoms with Crippen molar-refractivity contribution in [2.24, 2.45) is 5.92 Å². The standard InChI is InChI=1S/C25H26F4N2O2/c1-15(2)23(31-21-8-7-19(13-20(21)26)25(27,28)29)24(32)33-14-22-18(9-10-30-22)12-17-6-4-5-16(3)11-17/h4-11,13,15,23,30-31H,12,14H2,1-3H3. The number of benzene rings is 2. The largest absolute Gasteiger partial charge is 0.458 e. The fourth-order valence-corrected chi connectivity index (χ4v) is 3.48. The number of H-pyrrole nitrogens is 1. The van der Waals surface area contributed by atoms with Crippen molar-refractivity contribution in [1.82, 2.24) is 4.98 Å². The molecule has 33 heavy (non-hydrogen) atoms. The molecule has 3 aromatic rings. The number of carbonyl (C=O) groups excluding carboxylic acids is 1. The zero-order valence-electron chi connectivity index (χ0n) is 18.6. The van der Waals surface area contributed by atoms with Gasteiger partial charge in [-0.05, 0) is 54.7 Å². The van der Waals surface area contributed by atoms with Crippen LogP contribution in [0.5, 0.6) is 0 Å². The van der Waals surface area contributed by atoms with E-state index in [1.54, 1.807) is 20.0 Å². The summed E-state index contributed by atoms with van der Waals surface area (Å²) in [6, 6.07) is 11.2. The van der Waals surface area contributed by atoms with Gasteiger partial charge in [0.25, 0.3) is 0 Å². The molecule has 4 nitrogen and oxygen atoms in total. The first-order valence-corrected chi connectivity index (χ1v) is 10.5. The van der Waals surface area contributed by atoms with E-state index in [-0.39, 0.29) is 18.2 Å². The van der Waals surface area contributed by atoms with Gasteiger partial charge in [0.2, 0.25) is 0 Å². The van der Waals surface area contributed by atoms with E-state index in [2.05, 4.69) is 16.4 Å². The number of ether oxygens (including phenoxy) is 1. The molecular weight excluding hydrogens is 436 g/mol. The van der Waals surface area contributed by atoms with Crippen LogP contribution in [0.15, 0.2) is 54.7 Å². The number of hydrogen-bond donors (Lipinski definition) is 2. The molecule has 0 aliphatic carbocycles. The number of alkyl halides is 3. The highest BCUT2D eigenvalue weighted by Gasteiger charge is 2.32. The van der Waals surface area contributed by atoms with Crippen molar-refractivity contribution in [2.45, 2.75) is 46.0 Å². The van der Waals surface area contributed by atoms with Crippen molar-refractivity contribution < 1.29 is 27.1 Å². The summed E-state index contributed by atoms with van der Waals surface area (Å²) in [6.45, 7) is 5.48. The Balaban J connectivity index is 1.67. The highest BCUT2D eigenvalue weighted by molar-refractivity contribution is 5.79. The van der Waals surface area contributed by atoms with Crippen LogP contribution in [0.1, 0.15) is 41.8 Å². The van der Waals surface area contributed by atoms with E-state index >= 15 is 0 Å². The number of esters is 1. The number of aromatic nitrogens is 1. The Labute approximate surface area is 190 Å². The Bertz CT molecular complexity index is 1110. The average Bonchev–Trinajstić information content (AvgIpc) is 3.17. The molecule has 1 heterocycles. The van der Waals surface area contributed by atoms with Crippen molar-refractivity contribution in [2.75, 3.05) is 5.32 Å². The second-order valence-electron chi connectivity index (χ2n) is 8.31. The maximum absolute atomic E-state index is 14.2. The fraction of sp³-hybridized carbons (Fsp3) is 0.320. The third-order valence-corrected chi connectivity index (χ3v) is 5.29. The lowest BCUT2D eigenvalue weighted by Gasteiger charge is -2.22. The highest BCUT2D eigenvalue weighted by Crippen LogP contribution is 2.31. The summed E-state index contributed by atoms with van der Waals surface area (Å²) < 4.78 is 58.0. The normalized spacial score (nSPS) is 12.6. The molecule has 0 radical (unpaired) electrons. The van der Waals surface area contributed by atoms with Crippen LogP contribution in [0.25, 0.3) is 0 Å². The predicted molar refractivity (Wildman–Crippen MR) is 118 cm³/mol. The van der Waals surface area contributed by atoms with Crippen LogP contribution in [0.2, 0.25) is 0 Å². The number of rotatable bonds is 8. The van der Waals surface area contributed by atoms with Gasteiger partial charge in [-0.15, -0.1) is 0 Å². The van der Waals surface area contributed by atoms with Gasteiger partial charge in [-0.3, -0.25) is 0 Å². The SMILES string of the molecule is Cc1cccc(Cc2cc[nH]c2COC(=O)C(Nc2ccc(C(F)(F)F)cc2F)C(C)C)c1.